The molecule has 1 saturated carbocycles. The summed E-state index contributed by atoms with van der Waals surface area (Å²) in [5.41, 5.74) is 4.06. The van der Waals surface area contributed by atoms with Gasteiger partial charge in [0.1, 0.15) is 0 Å². The van der Waals surface area contributed by atoms with E-state index in [1.807, 2.05) is 60.7 Å². The van der Waals surface area contributed by atoms with Crippen molar-refractivity contribution in [2.24, 2.45) is 11.0 Å². The van der Waals surface area contributed by atoms with Crippen LogP contribution in [-0.4, -0.2) is 29.3 Å². The van der Waals surface area contributed by atoms with E-state index in [0.29, 0.717) is 12.0 Å². The molecule has 0 heterocycles. The fourth-order valence-electron chi connectivity index (χ4n) is 4.09. The average molecular weight is 431 g/mol. The predicted octanol–water partition coefficient (Wildman–Crippen LogP) is 3.77. The molecule has 32 heavy (non-hydrogen) atoms. The van der Waals surface area contributed by atoms with Gasteiger partial charge in [-0.05, 0) is 23.6 Å². The van der Waals surface area contributed by atoms with Gasteiger partial charge in [-0.15, -0.1) is 0 Å². The number of nitro benzene ring substituents is 1. The number of nitrogens with zero attached hydrogens (tertiary/aromatic N) is 2. The van der Waals surface area contributed by atoms with Gasteiger partial charge in [0.25, 0.3) is 0 Å². The maximum atomic E-state index is 12.9. The Kier molecular flexibility index (Phi) is 5.59. The summed E-state index contributed by atoms with van der Waals surface area (Å²) >= 11 is 0. The molecule has 0 radical (unpaired) electrons. The zero-order chi connectivity index (χ0) is 22.7. The van der Waals surface area contributed by atoms with E-state index in [4.69, 9.17) is 4.74 Å². The Balaban J connectivity index is 1.55. The summed E-state index contributed by atoms with van der Waals surface area (Å²) in [6, 6.07) is 22.3. The van der Waals surface area contributed by atoms with Gasteiger partial charge >= 0.3 is 5.69 Å². The highest BCUT2D eigenvalue weighted by molar-refractivity contribution is 5.88. The van der Waals surface area contributed by atoms with Crippen molar-refractivity contribution >= 4 is 17.8 Å². The van der Waals surface area contributed by atoms with Crippen LogP contribution in [0.1, 0.15) is 23.1 Å². The lowest BCUT2D eigenvalue weighted by molar-refractivity contribution is -0.386. The Hall–Kier alpha value is -4.20. The number of hydrogen-bond donors (Lipinski definition) is 2. The lowest BCUT2D eigenvalue weighted by Gasteiger charge is -2.18. The molecular weight excluding hydrogens is 410 g/mol. The van der Waals surface area contributed by atoms with Crippen molar-refractivity contribution in [1.82, 2.24) is 5.43 Å². The molecule has 0 aliphatic heterocycles. The van der Waals surface area contributed by atoms with Gasteiger partial charge in [-0.25, -0.2) is 5.43 Å². The van der Waals surface area contributed by atoms with E-state index >= 15 is 0 Å². The minimum absolute atomic E-state index is 0.0543. The van der Waals surface area contributed by atoms with Crippen LogP contribution in [0, 0.1) is 16.0 Å². The van der Waals surface area contributed by atoms with Crippen LogP contribution >= 0.6 is 0 Å². The minimum atomic E-state index is -0.716. The van der Waals surface area contributed by atoms with Gasteiger partial charge in [0.05, 0.1) is 24.2 Å². The standard InChI is InChI=1S/C24H21N3O5/c1-32-21-13-16(12-20(22(21)28)27(30)31)15-25-26-23(29)19-14-24(19,17-8-4-2-5-9-17)18-10-6-3-7-11-18/h2-13,15,19,28H,14H2,1H3,(H,26,29)/b25-15-/t19-/m1/s1. The second-order valence-electron chi connectivity index (χ2n) is 7.54. The van der Waals surface area contributed by atoms with E-state index in [1.165, 1.54) is 19.4 Å². The molecular formula is C24H21N3O5. The average Bonchev–Trinajstić information content (AvgIpc) is 3.58. The number of phenols is 1. The van der Waals surface area contributed by atoms with E-state index in [1.54, 1.807) is 0 Å². The third-order valence-corrected chi connectivity index (χ3v) is 5.74. The number of phenolic OH excluding ortho intramolecular Hbond substituents is 1. The number of nitro groups is 1. The van der Waals surface area contributed by atoms with Crippen LogP contribution in [0.2, 0.25) is 0 Å². The van der Waals surface area contributed by atoms with Crippen molar-refractivity contribution in [3.05, 3.63) is 99.6 Å². The molecule has 2 N–H and O–H groups in total. The first-order valence-electron chi connectivity index (χ1n) is 9.96. The Bertz CT molecular complexity index is 1140. The number of methoxy groups -OCH3 is 1. The number of carbonyl (C=O) groups is 1. The minimum Gasteiger partial charge on any atom is -0.500 e. The number of nitrogens with one attached hydrogen (secondary N) is 1. The number of rotatable bonds is 7. The van der Waals surface area contributed by atoms with E-state index in [-0.39, 0.29) is 17.6 Å². The number of aromatic hydroxyl groups is 1. The number of hydrogen-bond acceptors (Lipinski definition) is 6. The number of hydrazone groups is 1. The summed E-state index contributed by atoms with van der Waals surface area (Å²) in [4.78, 5) is 23.3. The summed E-state index contributed by atoms with van der Waals surface area (Å²) in [6.07, 6.45) is 1.93. The number of amides is 1. The summed E-state index contributed by atoms with van der Waals surface area (Å²) < 4.78 is 4.97. The molecule has 1 amide bonds. The summed E-state index contributed by atoms with van der Waals surface area (Å²) in [7, 11) is 1.29. The Morgan fingerprint density at radius 1 is 1.16 bits per heavy atom. The van der Waals surface area contributed by atoms with E-state index in [9.17, 15) is 20.0 Å². The highest BCUT2D eigenvalue weighted by atomic mass is 16.6. The largest absolute Gasteiger partial charge is 0.500 e. The maximum absolute atomic E-state index is 12.9. The first-order chi connectivity index (χ1) is 15.5. The highest BCUT2D eigenvalue weighted by Crippen LogP contribution is 2.58. The first kappa shape index (κ1) is 21.0. The molecule has 8 nitrogen and oxygen atoms in total. The molecule has 162 valence electrons. The summed E-state index contributed by atoms with van der Waals surface area (Å²) in [5.74, 6) is -1.16. The lowest BCUT2D eigenvalue weighted by atomic mass is 9.85. The van der Waals surface area contributed by atoms with Crippen molar-refractivity contribution in [1.29, 1.82) is 0 Å². The van der Waals surface area contributed by atoms with Gasteiger partial charge in [0.2, 0.25) is 11.7 Å². The van der Waals surface area contributed by atoms with Crippen LogP contribution in [0.4, 0.5) is 5.69 Å². The molecule has 0 bridgehead atoms. The Morgan fingerprint density at radius 3 is 2.28 bits per heavy atom. The molecule has 8 heteroatoms. The second kappa shape index (κ2) is 8.50. The topological polar surface area (TPSA) is 114 Å². The van der Waals surface area contributed by atoms with Crippen LogP contribution in [0.3, 0.4) is 0 Å². The lowest BCUT2D eigenvalue weighted by Crippen LogP contribution is -2.25. The van der Waals surface area contributed by atoms with Crippen molar-refractivity contribution in [2.45, 2.75) is 11.8 Å². The zero-order valence-corrected chi connectivity index (χ0v) is 17.3. The van der Waals surface area contributed by atoms with E-state index in [2.05, 4.69) is 10.5 Å². The molecule has 0 aromatic heterocycles. The SMILES string of the molecule is COc1cc(/C=N\NC(=O)[C@H]2CC2(c2ccccc2)c2ccccc2)cc([N+](=O)[O-])c1O. The molecule has 0 unspecified atom stereocenters. The van der Waals surface area contributed by atoms with Gasteiger partial charge in [0, 0.05) is 17.0 Å². The van der Waals surface area contributed by atoms with Crippen LogP contribution in [0.5, 0.6) is 11.5 Å². The van der Waals surface area contributed by atoms with Crippen LogP contribution in [-0.2, 0) is 10.2 Å². The quantitative estimate of drug-likeness (QED) is 0.336. The molecule has 1 atom stereocenters. The highest BCUT2D eigenvalue weighted by Gasteiger charge is 2.60. The number of carbonyl (C=O) groups excluding carboxylic acids is 1. The molecule has 0 saturated heterocycles. The van der Waals surface area contributed by atoms with Crippen LogP contribution in [0.15, 0.2) is 77.9 Å². The molecule has 3 aromatic carbocycles. The normalized spacial score (nSPS) is 16.5. The van der Waals surface area contributed by atoms with Crippen molar-refractivity contribution < 1.29 is 19.6 Å². The first-order valence-corrected chi connectivity index (χ1v) is 9.96. The van der Waals surface area contributed by atoms with Crippen LogP contribution < -0.4 is 10.2 Å². The number of benzene rings is 3. The third kappa shape index (κ3) is 3.78. The maximum Gasteiger partial charge on any atom is 0.315 e. The Morgan fingerprint density at radius 2 is 1.75 bits per heavy atom. The second-order valence-corrected chi connectivity index (χ2v) is 7.54. The predicted molar refractivity (Wildman–Crippen MR) is 119 cm³/mol. The van der Waals surface area contributed by atoms with Crippen molar-refractivity contribution in [3.8, 4) is 11.5 Å². The van der Waals surface area contributed by atoms with Crippen molar-refractivity contribution in [3.63, 3.8) is 0 Å². The summed E-state index contributed by atoms with van der Waals surface area (Å²) in [6.45, 7) is 0. The molecule has 3 aromatic rings. The fraction of sp³-hybridized carbons (Fsp3) is 0.167. The Labute approximate surface area is 184 Å². The fourth-order valence-corrected chi connectivity index (χ4v) is 4.09. The van der Waals surface area contributed by atoms with Crippen LogP contribution in [0.25, 0.3) is 0 Å². The summed E-state index contributed by atoms with van der Waals surface area (Å²) in [5, 5.41) is 25.0. The molecule has 1 aliphatic rings. The van der Waals surface area contributed by atoms with Gasteiger partial charge in [-0.3, -0.25) is 14.9 Å². The molecule has 4 rings (SSSR count). The third-order valence-electron chi connectivity index (χ3n) is 5.74. The smallest absolute Gasteiger partial charge is 0.315 e. The van der Waals surface area contributed by atoms with E-state index in [0.717, 1.165) is 17.2 Å². The zero-order valence-electron chi connectivity index (χ0n) is 17.3. The van der Waals surface area contributed by atoms with Gasteiger partial charge in [-0.1, -0.05) is 60.7 Å². The number of ether oxygens (including phenoxy) is 1. The van der Waals surface area contributed by atoms with E-state index < -0.39 is 21.8 Å². The monoisotopic (exact) mass is 431 g/mol. The van der Waals surface area contributed by atoms with Gasteiger partial charge in [0.15, 0.2) is 5.75 Å². The van der Waals surface area contributed by atoms with Crippen molar-refractivity contribution in [2.75, 3.05) is 7.11 Å². The molecule has 1 aliphatic carbocycles. The van der Waals surface area contributed by atoms with Gasteiger partial charge < -0.3 is 9.84 Å². The van der Waals surface area contributed by atoms with Gasteiger partial charge in [-0.2, -0.15) is 5.10 Å². The molecule has 1 fully saturated rings. The molecule has 0 spiro atoms.